The molecule has 0 amide bonds. The normalized spacial score (nSPS) is 13.9. The lowest BCUT2D eigenvalue weighted by Gasteiger charge is -2.14. The Morgan fingerprint density at radius 1 is 1.10 bits per heavy atom. The molecule has 0 saturated heterocycles. The van der Waals surface area contributed by atoms with Gasteiger partial charge in [0.05, 0.1) is 12.0 Å². The van der Waals surface area contributed by atoms with E-state index in [4.69, 9.17) is 11.6 Å². The molecule has 0 aliphatic heterocycles. The molecule has 0 spiro atoms. The van der Waals surface area contributed by atoms with Crippen molar-refractivity contribution in [2.45, 2.75) is 32.4 Å². The Morgan fingerprint density at radius 3 is 2.62 bits per heavy atom. The van der Waals surface area contributed by atoms with Crippen molar-refractivity contribution >= 4 is 22.8 Å². The van der Waals surface area contributed by atoms with Crippen LogP contribution in [-0.2, 0) is 6.54 Å². The Morgan fingerprint density at radius 2 is 1.90 bits per heavy atom. The summed E-state index contributed by atoms with van der Waals surface area (Å²) in [6.45, 7) is 2.39. The number of rotatable bonds is 4. The quantitative estimate of drug-likeness (QED) is 0.519. The van der Waals surface area contributed by atoms with Crippen LogP contribution in [0.5, 0.6) is 0 Å². The molecule has 4 aromatic rings. The van der Waals surface area contributed by atoms with Crippen molar-refractivity contribution in [2.24, 2.45) is 0 Å². The molecule has 1 aliphatic carbocycles. The summed E-state index contributed by atoms with van der Waals surface area (Å²) >= 11 is 6.12. The highest BCUT2D eigenvalue weighted by Crippen LogP contribution is 2.32. The van der Waals surface area contributed by atoms with E-state index in [0.29, 0.717) is 22.7 Å². The molecule has 0 unspecified atom stereocenters. The van der Waals surface area contributed by atoms with Gasteiger partial charge in [0.15, 0.2) is 11.2 Å². The van der Waals surface area contributed by atoms with Crippen molar-refractivity contribution < 1.29 is 0 Å². The molecule has 7 heteroatoms. The molecule has 0 radical (unpaired) electrons. The number of hydrogen-bond acceptors (Lipinski definition) is 3. The first kappa shape index (κ1) is 17.9. The van der Waals surface area contributed by atoms with Gasteiger partial charge in [-0.15, -0.1) is 0 Å². The number of fused-ring (bicyclic) bond motifs is 1. The molecule has 1 aliphatic rings. The first-order valence-corrected chi connectivity index (χ1v) is 9.95. The summed E-state index contributed by atoms with van der Waals surface area (Å²) in [7, 11) is 0. The minimum Gasteiger partial charge on any atom is -0.320 e. The van der Waals surface area contributed by atoms with Crippen LogP contribution < -0.4 is 11.2 Å². The molecule has 29 heavy (non-hydrogen) atoms. The van der Waals surface area contributed by atoms with E-state index >= 15 is 0 Å². The van der Waals surface area contributed by atoms with Crippen LogP contribution in [0.2, 0.25) is 5.02 Å². The van der Waals surface area contributed by atoms with Gasteiger partial charge in [0.2, 0.25) is 0 Å². The van der Waals surface area contributed by atoms with Crippen LogP contribution >= 0.6 is 11.6 Å². The number of imidazole rings is 1. The van der Waals surface area contributed by atoms with Gasteiger partial charge in [-0.25, -0.2) is 14.3 Å². The Bertz CT molecular complexity index is 1360. The molecule has 1 saturated carbocycles. The fourth-order valence-electron chi connectivity index (χ4n) is 3.79. The molecular weight excluding hydrogens is 388 g/mol. The number of hydrogen-bond donors (Lipinski definition) is 0. The third-order valence-corrected chi connectivity index (χ3v) is 5.59. The predicted octanol–water partition coefficient (Wildman–Crippen LogP) is 3.69. The maximum Gasteiger partial charge on any atom is 0.337 e. The van der Waals surface area contributed by atoms with Crippen molar-refractivity contribution in [3.05, 3.63) is 91.8 Å². The minimum absolute atomic E-state index is 0.0378. The first-order valence-electron chi connectivity index (χ1n) is 9.57. The molecule has 2 aromatic heterocycles. The number of benzene rings is 2. The lowest BCUT2D eigenvalue weighted by Crippen LogP contribution is -2.39. The second kappa shape index (κ2) is 6.74. The van der Waals surface area contributed by atoms with Gasteiger partial charge in [-0.3, -0.25) is 9.36 Å². The third kappa shape index (κ3) is 3.00. The van der Waals surface area contributed by atoms with Crippen LogP contribution in [0.1, 0.15) is 30.0 Å². The third-order valence-electron chi connectivity index (χ3n) is 5.36. The van der Waals surface area contributed by atoms with Crippen molar-refractivity contribution in [1.82, 2.24) is 18.7 Å². The summed E-state index contributed by atoms with van der Waals surface area (Å²) in [6.07, 6.45) is 3.31. The zero-order valence-electron chi connectivity index (χ0n) is 15.9. The zero-order valence-corrected chi connectivity index (χ0v) is 16.6. The summed E-state index contributed by atoms with van der Waals surface area (Å²) in [5.74, 6) is 0. The molecule has 2 heterocycles. The van der Waals surface area contributed by atoms with Gasteiger partial charge in [0.25, 0.3) is 5.56 Å². The van der Waals surface area contributed by atoms with E-state index in [1.807, 2.05) is 55.5 Å². The van der Waals surface area contributed by atoms with E-state index in [1.54, 1.807) is 15.5 Å². The summed E-state index contributed by atoms with van der Waals surface area (Å²) < 4.78 is 4.76. The fourth-order valence-corrected chi connectivity index (χ4v) is 4.00. The average Bonchev–Trinajstić information content (AvgIpc) is 3.44. The maximum absolute atomic E-state index is 13.3. The second-order valence-electron chi connectivity index (χ2n) is 7.49. The standard InChI is InChI=1S/C22H19ClN4O2/c1-14-5-2-3-8-18(14)27-20-19(21(28)26(22(27)29)17-9-10-17)25(13-24-20)12-15-6-4-7-16(23)11-15/h2-8,11,13,17H,9-10,12H2,1H3. The highest BCUT2D eigenvalue weighted by molar-refractivity contribution is 6.30. The predicted molar refractivity (Wildman–Crippen MR) is 113 cm³/mol. The smallest absolute Gasteiger partial charge is 0.320 e. The van der Waals surface area contributed by atoms with Crippen molar-refractivity contribution in [1.29, 1.82) is 0 Å². The highest BCUT2D eigenvalue weighted by atomic mass is 35.5. The summed E-state index contributed by atoms with van der Waals surface area (Å²) in [5.41, 5.74) is 2.85. The number of aromatic nitrogens is 4. The van der Waals surface area contributed by atoms with Gasteiger partial charge < -0.3 is 4.57 Å². The Labute approximate surface area is 171 Å². The summed E-state index contributed by atoms with van der Waals surface area (Å²) in [4.78, 5) is 31.1. The number of aryl methyl sites for hydroxylation is 1. The van der Waals surface area contributed by atoms with E-state index in [-0.39, 0.29) is 17.3 Å². The van der Waals surface area contributed by atoms with E-state index in [1.165, 1.54) is 4.57 Å². The van der Waals surface area contributed by atoms with Crippen LogP contribution in [0.15, 0.2) is 64.4 Å². The van der Waals surface area contributed by atoms with Crippen LogP contribution in [0, 0.1) is 6.92 Å². The topological polar surface area (TPSA) is 61.8 Å². The molecule has 6 nitrogen and oxygen atoms in total. The molecule has 2 aromatic carbocycles. The SMILES string of the molecule is Cc1ccccc1-n1c(=O)n(C2CC2)c(=O)c2c1ncn2Cc1cccc(Cl)c1. The van der Waals surface area contributed by atoms with Gasteiger partial charge in [-0.1, -0.05) is 41.9 Å². The molecule has 146 valence electrons. The van der Waals surface area contributed by atoms with Crippen LogP contribution in [0.3, 0.4) is 0 Å². The number of nitrogens with zero attached hydrogens (tertiary/aromatic N) is 4. The molecule has 5 rings (SSSR count). The van der Waals surface area contributed by atoms with Gasteiger partial charge in [-0.2, -0.15) is 0 Å². The number of halogens is 1. The fraction of sp³-hybridized carbons (Fsp3) is 0.227. The molecular formula is C22H19ClN4O2. The van der Waals surface area contributed by atoms with Crippen molar-refractivity contribution in [2.75, 3.05) is 0 Å². The maximum atomic E-state index is 13.3. The Balaban J connectivity index is 1.80. The van der Waals surface area contributed by atoms with E-state index < -0.39 is 0 Å². The first-order chi connectivity index (χ1) is 14.0. The van der Waals surface area contributed by atoms with Crippen LogP contribution in [0.25, 0.3) is 16.9 Å². The summed E-state index contributed by atoms with van der Waals surface area (Å²) in [6, 6.07) is 15.1. The lowest BCUT2D eigenvalue weighted by atomic mass is 10.2. The van der Waals surface area contributed by atoms with Gasteiger partial charge in [-0.05, 0) is 49.1 Å². The van der Waals surface area contributed by atoms with Crippen molar-refractivity contribution in [3.8, 4) is 5.69 Å². The largest absolute Gasteiger partial charge is 0.337 e. The van der Waals surface area contributed by atoms with E-state index in [9.17, 15) is 9.59 Å². The number of para-hydroxylation sites is 1. The van der Waals surface area contributed by atoms with Crippen LogP contribution in [-0.4, -0.2) is 18.7 Å². The zero-order chi connectivity index (χ0) is 20.1. The Hall–Kier alpha value is -3.12. The van der Waals surface area contributed by atoms with Gasteiger partial charge >= 0.3 is 5.69 Å². The molecule has 0 atom stereocenters. The molecule has 1 fully saturated rings. The minimum atomic E-state index is -0.327. The van der Waals surface area contributed by atoms with E-state index in [2.05, 4.69) is 4.98 Å². The molecule has 0 N–H and O–H groups in total. The Kier molecular flexibility index (Phi) is 4.17. The van der Waals surface area contributed by atoms with Crippen molar-refractivity contribution in [3.63, 3.8) is 0 Å². The van der Waals surface area contributed by atoms with Gasteiger partial charge in [0, 0.05) is 17.6 Å². The van der Waals surface area contributed by atoms with E-state index in [0.717, 1.165) is 29.7 Å². The monoisotopic (exact) mass is 406 g/mol. The van der Waals surface area contributed by atoms with Gasteiger partial charge in [0.1, 0.15) is 0 Å². The average molecular weight is 407 g/mol. The summed E-state index contributed by atoms with van der Waals surface area (Å²) in [5, 5.41) is 0.638. The highest BCUT2D eigenvalue weighted by Gasteiger charge is 2.30. The van der Waals surface area contributed by atoms with Crippen LogP contribution in [0.4, 0.5) is 0 Å². The lowest BCUT2D eigenvalue weighted by molar-refractivity contribution is 0.638. The second-order valence-corrected chi connectivity index (χ2v) is 7.92. The molecule has 0 bridgehead atoms.